The second-order valence-corrected chi connectivity index (χ2v) is 7.28. The SMILES string of the molecule is O=C(COC(=O)c1cc2c(s1)CCCCC2)Nc1ccc(OC(F)F)cc1. The summed E-state index contributed by atoms with van der Waals surface area (Å²) in [5, 5.41) is 2.53. The van der Waals surface area contributed by atoms with Gasteiger partial charge in [0.25, 0.3) is 5.91 Å². The highest BCUT2D eigenvalue weighted by Gasteiger charge is 2.18. The van der Waals surface area contributed by atoms with Crippen LogP contribution >= 0.6 is 11.3 Å². The molecule has 1 heterocycles. The molecule has 1 amide bonds. The summed E-state index contributed by atoms with van der Waals surface area (Å²) < 4.78 is 33.5. The number of aryl methyl sites for hydroxylation is 2. The number of anilines is 1. The summed E-state index contributed by atoms with van der Waals surface area (Å²) in [6.07, 6.45) is 5.42. The first-order chi connectivity index (χ1) is 13.0. The van der Waals surface area contributed by atoms with Crippen LogP contribution in [0.15, 0.2) is 30.3 Å². The van der Waals surface area contributed by atoms with E-state index in [0.29, 0.717) is 10.6 Å². The van der Waals surface area contributed by atoms with E-state index in [0.717, 1.165) is 25.7 Å². The summed E-state index contributed by atoms with van der Waals surface area (Å²) in [5.41, 5.74) is 1.60. The van der Waals surface area contributed by atoms with Crippen LogP contribution in [0.1, 0.15) is 39.4 Å². The standard InChI is InChI=1S/C19H19F2NO4S/c20-19(21)26-14-8-6-13(7-9-14)22-17(23)11-25-18(24)16-10-12-4-2-1-3-5-15(12)27-16/h6-10,19H,1-5,11H2,(H,22,23). The molecule has 0 saturated carbocycles. The first-order valence-electron chi connectivity index (χ1n) is 8.64. The smallest absolute Gasteiger partial charge is 0.387 e. The van der Waals surface area contributed by atoms with Crippen molar-refractivity contribution in [3.63, 3.8) is 0 Å². The summed E-state index contributed by atoms with van der Waals surface area (Å²) in [5.74, 6) is -1.03. The fraction of sp³-hybridized carbons (Fsp3) is 0.368. The molecule has 0 fully saturated rings. The third-order valence-corrected chi connectivity index (χ3v) is 5.36. The Balaban J connectivity index is 1.49. The topological polar surface area (TPSA) is 64.6 Å². The van der Waals surface area contributed by atoms with E-state index in [-0.39, 0.29) is 5.75 Å². The Morgan fingerprint density at radius 1 is 1.11 bits per heavy atom. The van der Waals surface area contributed by atoms with Gasteiger partial charge in [-0.3, -0.25) is 4.79 Å². The summed E-state index contributed by atoms with van der Waals surface area (Å²) in [7, 11) is 0. The number of amides is 1. The van der Waals surface area contributed by atoms with E-state index in [4.69, 9.17) is 4.74 Å². The molecular formula is C19H19F2NO4S. The molecule has 1 N–H and O–H groups in total. The van der Waals surface area contributed by atoms with Crippen molar-refractivity contribution in [1.82, 2.24) is 0 Å². The van der Waals surface area contributed by atoms with Gasteiger partial charge in [-0.15, -0.1) is 11.3 Å². The summed E-state index contributed by atoms with van der Waals surface area (Å²) in [6.45, 7) is -3.33. The van der Waals surface area contributed by atoms with Crippen molar-refractivity contribution in [1.29, 1.82) is 0 Å². The van der Waals surface area contributed by atoms with Gasteiger partial charge in [-0.2, -0.15) is 8.78 Å². The predicted molar refractivity (Wildman–Crippen MR) is 97.6 cm³/mol. The molecule has 0 bridgehead atoms. The molecule has 0 unspecified atom stereocenters. The normalized spacial score (nSPS) is 13.6. The zero-order chi connectivity index (χ0) is 19.2. The van der Waals surface area contributed by atoms with Gasteiger partial charge in [-0.05, 0) is 61.6 Å². The van der Waals surface area contributed by atoms with Gasteiger partial charge < -0.3 is 14.8 Å². The zero-order valence-corrected chi connectivity index (χ0v) is 15.3. The third kappa shape index (κ3) is 5.50. The lowest BCUT2D eigenvalue weighted by Crippen LogP contribution is -2.20. The number of ether oxygens (including phenoxy) is 2. The number of hydrogen-bond donors (Lipinski definition) is 1. The molecule has 1 aliphatic carbocycles. The number of benzene rings is 1. The number of nitrogens with one attached hydrogen (secondary N) is 1. The van der Waals surface area contributed by atoms with Gasteiger partial charge in [-0.1, -0.05) is 6.42 Å². The van der Waals surface area contributed by atoms with Crippen molar-refractivity contribution in [3.8, 4) is 5.75 Å². The van der Waals surface area contributed by atoms with E-state index in [1.165, 1.54) is 52.5 Å². The van der Waals surface area contributed by atoms with Crippen LogP contribution in [0.4, 0.5) is 14.5 Å². The number of thiophene rings is 1. The third-order valence-electron chi connectivity index (χ3n) is 4.15. The average Bonchev–Trinajstić information content (AvgIpc) is 2.92. The van der Waals surface area contributed by atoms with Gasteiger partial charge in [0.2, 0.25) is 0 Å². The van der Waals surface area contributed by atoms with Crippen LogP contribution in [-0.4, -0.2) is 25.1 Å². The molecule has 1 aliphatic rings. The maximum atomic E-state index is 12.2. The van der Waals surface area contributed by atoms with Crippen LogP contribution in [0.2, 0.25) is 0 Å². The Labute approximate surface area is 159 Å². The number of hydrogen-bond acceptors (Lipinski definition) is 5. The molecule has 8 heteroatoms. The van der Waals surface area contributed by atoms with Crippen molar-refractivity contribution >= 4 is 28.9 Å². The molecule has 2 aromatic rings. The highest BCUT2D eigenvalue weighted by molar-refractivity contribution is 7.14. The predicted octanol–water partition coefficient (Wildman–Crippen LogP) is 4.41. The monoisotopic (exact) mass is 395 g/mol. The summed E-state index contributed by atoms with van der Waals surface area (Å²) in [4.78, 5) is 25.8. The quantitative estimate of drug-likeness (QED) is 0.581. The number of alkyl halides is 2. The van der Waals surface area contributed by atoms with Crippen molar-refractivity contribution in [2.75, 3.05) is 11.9 Å². The van der Waals surface area contributed by atoms with Crippen LogP contribution < -0.4 is 10.1 Å². The van der Waals surface area contributed by atoms with E-state index in [1.54, 1.807) is 0 Å². The Morgan fingerprint density at radius 2 is 1.85 bits per heavy atom. The second kappa shape index (κ2) is 8.94. The molecule has 5 nitrogen and oxygen atoms in total. The molecule has 0 atom stereocenters. The minimum Gasteiger partial charge on any atom is -0.451 e. The molecule has 0 aliphatic heterocycles. The lowest BCUT2D eigenvalue weighted by molar-refractivity contribution is -0.119. The fourth-order valence-electron chi connectivity index (χ4n) is 2.89. The van der Waals surface area contributed by atoms with Crippen LogP contribution in [0.3, 0.4) is 0 Å². The fourth-order valence-corrected chi connectivity index (χ4v) is 4.03. The van der Waals surface area contributed by atoms with Crippen LogP contribution in [0.25, 0.3) is 0 Å². The van der Waals surface area contributed by atoms with E-state index < -0.39 is 25.1 Å². The van der Waals surface area contributed by atoms with Gasteiger partial charge >= 0.3 is 12.6 Å². The van der Waals surface area contributed by atoms with Crippen molar-refractivity contribution in [3.05, 3.63) is 45.6 Å². The van der Waals surface area contributed by atoms with Crippen molar-refractivity contribution < 1.29 is 27.8 Å². The molecule has 0 radical (unpaired) electrons. The molecule has 27 heavy (non-hydrogen) atoms. The van der Waals surface area contributed by atoms with Crippen molar-refractivity contribution in [2.45, 2.75) is 38.7 Å². The van der Waals surface area contributed by atoms with Gasteiger partial charge in [0, 0.05) is 10.6 Å². The molecule has 144 valence electrons. The van der Waals surface area contributed by atoms with Crippen LogP contribution in [-0.2, 0) is 22.4 Å². The lowest BCUT2D eigenvalue weighted by atomic mass is 10.1. The number of fused-ring (bicyclic) bond motifs is 1. The average molecular weight is 395 g/mol. The Kier molecular flexibility index (Phi) is 6.39. The number of halogens is 2. The van der Waals surface area contributed by atoms with Crippen molar-refractivity contribution in [2.24, 2.45) is 0 Å². The van der Waals surface area contributed by atoms with Crippen LogP contribution in [0.5, 0.6) is 5.75 Å². The maximum absolute atomic E-state index is 12.2. The minimum absolute atomic E-state index is 0.00751. The Hall–Kier alpha value is -2.48. The van der Waals surface area contributed by atoms with E-state index >= 15 is 0 Å². The van der Waals surface area contributed by atoms with Gasteiger partial charge in [0.1, 0.15) is 10.6 Å². The molecular weight excluding hydrogens is 376 g/mol. The first-order valence-corrected chi connectivity index (χ1v) is 9.46. The first kappa shape index (κ1) is 19.3. The molecule has 0 saturated heterocycles. The number of carbonyl (C=O) groups excluding carboxylic acids is 2. The summed E-state index contributed by atoms with van der Waals surface area (Å²) >= 11 is 1.44. The number of esters is 1. The minimum atomic E-state index is -2.91. The Morgan fingerprint density at radius 3 is 2.59 bits per heavy atom. The largest absolute Gasteiger partial charge is 0.451 e. The van der Waals surface area contributed by atoms with E-state index in [2.05, 4.69) is 10.1 Å². The highest BCUT2D eigenvalue weighted by Crippen LogP contribution is 2.29. The molecule has 1 aromatic heterocycles. The lowest BCUT2D eigenvalue weighted by Gasteiger charge is -2.08. The second-order valence-electron chi connectivity index (χ2n) is 6.15. The zero-order valence-electron chi connectivity index (χ0n) is 14.5. The van der Waals surface area contributed by atoms with Gasteiger partial charge in [0.15, 0.2) is 6.61 Å². The molecule has 0 spiro atoms. The number of carbonyl (C=O) groups is 2. The summed E-state index contributed by atoms with van der Waals surface area (Å²) in [6, 6.07) is 7.34. The highest BCUT2D eigenvalue weighted by atomic mass is 32.1. The number of rotatable bonds is 6. The molecule has 1 aromatic carbocycles. The Bertz CT molecular complexity index is 781. The van der Waals surface area contributed by atoms with E-state index in [1.807, 2.05) is 6.07 Å². The van der Waals surface area contributed by atoms with Gasteiger partial charge in [-0.25, -0.2) is 4.79 Å². The van der Waals surface area contributed by atoms with E-state index in [9.17, 15) is 18.4 Å². The van der Waals surface area contributed by atoms with Gasteiger partial charge in [0.05, 0.1) is 0 Å². The van der Waals surface area contributed by atoms with Crippen LogP contribution in [0, 0.1) is 0 Å². The maximum Gasteiger partial charge on any atom is 0.387 e. The molecule has 3 rings (SSSR count).